The summed E-state index contributed by atoms with van der Waals surface area (Å²) in [6, 6.07) is 7.13. The van der Waals surface area contributed by atoms with Crippen molar-refractivity contribution in [3.63, 3.8) is 0 Å². The molecule has 1 aliphatic rings. The zero-order valence-corrected chi connectivity index (χ0v) is 24.3. The van der Waals surface area contributed by atoms with E-state index in [1.807, 2.05) is 6.92 Å². The third-order valence-electron chi connectivity index (χ3n) is 6.77. The molecule has 1 N–H and O–H groups in total. The van der Waals surface area contributed by atoms with E-state index in [-0.39, 0.29) is 49.5 Å². The number of anilines is 1. The van der Waals surface area contributed by atoms with Crippen LogP contribution in [0, 0.1) is 11.6 Å². The first-order valence-corrected chi connectivity index (χ1v) is 15.5. The van der Waals surface area contributed by atoms with Crippen molar-refractivity contribution in [2.24, 2.45) is 0 Å². The first kappa shape index (κ1) is 31.1. The van der Waals surface area contributed by atoms with Crippen LogP contribution in [0.5, 0.6) is 0 Å². The van der Waals surface area contributed by atoms with Crippen LogP contribution in [0.4, 0.5) is 14.5 Å². The highest BCUT2D eigenvalue weighted by atomic mass is 35.5. The third-order valence-corrected chi connectivity index (χ3v) is 8.70. The molecule has 0 heterocycles. The van der Waals surface area contributed by atoms with Crippen molar-refractivity contribution in [1.29, 1.82) is 0 Å². The van der Waals surface area contributed by atoms with Gasteiger partial charge in [-0.2, -0.15) is 0 Å². The molecule has 3 rings (SSSR count). The fraction of sp³-hybridized carbons (Fsp3) is 0.481. The molecule has 12 heteroatoms. The van der Waals surface area contributed by atoms with Crippen LogP contribution >= 0.6 is 23.2 Å². The van der Waals surface area contributed by atoms with Gasteiger partial charge in [-0.25, -0.2) is 17.2 Å². The van der Waals surface area contributed by atoms with Crippen LogP contribution in [-0.2, 0) is 26.2 Å². The predicted octanol–water partition coefficient (Wildman–Crippen LogP) is 5.68. The van der Waals surface area contributed by atoms with E-state index in [1.54, 1.807) is 18.2 Å². The molecule has 0 aromatic heterocycles. The largest absolute Gasteiger partial charge is 0.352 e. The van der Waals surface area contributed by atoms with Crippen molar-refractivity contribution in [2.45, 2.75) is 70.5 Å². The molecule has 1 fully saturated rings. The Labute approximate surface area is 238 Å². The molecule has 0 aliphatic heterocycles. The minimum Gasteiger partial charge on any atom is -0.352 e. The lowest BCUT2D eigenvalue weighted by Crippen LogP contribution is -2.51. The van der Waals surface area contributed by atoms with Gasteiger partial charge in [0, 0.05) is 31.6 Å². The Bertz CT molecular complexity index is 1290. The standard InChI is InChI=1S/C27H33Cl2F2N3O4S/c1-3-25(27(36)32-19-7-4-5-8-19)33(17-18-10-12-21(28)22(29)15-18)26(35)9-6-14-34(39(2,37)38)20-11-13-23(30)24(31)16-20/h10-13,15-16,19,25H,3-9,14,17H2,1-2H3,(H,32,36)/t25-/m0/s1. The molecule has 7 nitrogen and oxygen atoms in total. The van der Waals surface area contributed by atoms with Crippen molar-refractivity contribution < 1.29 is 26.8 Å². The predicted molar refractivity (Wildman–Crippen MR) is 149 cm³/mol. The number of amides is 2. The second kappa shape index (κ2) is 13.8. The topological polar surface area (TPSA) is 86.8 Å². The van der Waals surface area contributed by atoms with Crippen LogP contribution in [0.2, 0.25) is 10.0 Å². The van der Waals surface area contributed by atoms with Gasteiger partial charge in [0.1, 0.15) is 6.04 Å². The number of rotatable bonds is 12. The van der Waals surface area contributed by atoms with E-state index in [4.69, 9.17) is 23.2 Å². The van der Waals surface area contributed by atoms with Gasteiger partial charge in [0.15, 0.2) is 11.6 Å². The third kappa shape index (κ3) is 8.53. The molecular weight excluding hydrogens is 571 g/mol. The van der Waals surface area contributed by atoms with Crippen molar-refractivity contribution in [3.05, 3.63) is 63.6 Å². The Morgan fingerprint density at radius 1 is 1.05 bits per heavy atom. The fourth-order valence-corrected chi connectivity index (χ4v) is 6.04. The molecule has 39 heavy (non-hydrogen) atoms. The zero-order valence-electron chi connectivity index (χ0n) is 21.9. The number of sulfonamides is 1. The molecule has 0 spiro atoms. The van der Waals surface area contributed by atoms with Crippen molar-refractivity contribution in [2.75, 3.05) is 17.1 Å². The van der Waals surface area contributed by atoms with Crippen LogP contribution < -0.4 is 9.62 Å². The highest BCUT2D eigenvalue weighted by molar-refractivity contribution is 7.92. The lowest BCUT2D eigenvalue weighted by molar-refractivity contribution is -0.141. The van der Waals surface area contributed by atoms with Crippen molar-refractivity contribution >= 4 is 50.7 Å². The SMILES string of the molecule is CC[C@@H](C(=O)NC1CCCC1)N(Cc1ccc(Cl)c(Cl)c1)C(=O)CCCN(c1ccc(F)c(F)c1)S(C)(=O)=O. The molecular formula is C27H33Cl2F2N3O4S. The molecule has 2 aromatic carbocycles. The van der Waals surface area contributed by atoms with Crippen molar-refractivity contribution in [1.82, 2.24) is 10.2 Å². The quantitative estimate of drug-likeness (QED) is 0.338. The molecule has 2 aromatic rings. The Balaban J connectivity index is 1.78. The van der Waals surface area contributed by atoms with Gasteiger partial charge in [-0.15, -0.1) is 0 Å². The van der Waals surface area contributed by atoms with E-state index in [0.29, 0.717) is 22.0 Å². The number of halogens is 4. The van der Waals surface area contributed by atoms with Gasteiger partial charge in [-0.3, -0.25) is 13.9 Å². The molecule has 0 saturated heterocycles. The summed E-state index contributed by atoms with van der Waals surface area (Å²) in [6.45, 7) is 1.79. The lowest BCUT2D eigenvalue weighted by Gasteiger charge is -2.32. The Kier molecular flexibility index (Phi) is 11.0. The van der Waals surface area contributed by atoms with Crippen LogP contribution in [-0.4, -0.2) is 50.0 Å². The van der Waals surface area contributed by atoms with Gasteiger partial charge in [0.2, 0.25) is 21.8 Å². The lowest BCUT2D eigenvalue weighted by atomic mass is 10.1. The fourth-order valence-electron chi connectivity index (χ4n) is 4.77. The van der Waals surface area contributed by atoms with Gasteiger partial charge < -0.3 is 10.2 Å². The zero-order chi connectivity index (χ0) is 28.7. The maximum absolute atomic E-state index is 13.8. The maximum Gasteiger partial charge on any atom is 0.243 e. The summed E-state index contributed by atoms with van der Waals surface area (Å²) in [7, 11) is -3.84. The van der Waals surface area contributed by atoms with Crippen LogP contribution in [0.15, 0.2) is 36.4 Å². The summed E-state index contributed by atoms with van der Waals surface area (Å²) in [5.74, 6) is -2.86. The Morgan fingerprint density at radius 2 is 1.74 bits per heavy atom. The van der Waals surface area contributed by atoms with Gasteiger partial charge in [-0.1, -0.05) is 49.0 Å². The monoisotopic (exact) mass is 603 g/mol. The Hall–Kier alpha value is -2.43. The van der Waals surface area contributed by atoms with Crippen molar-refractivity contribution in [3.8, 4) is 0 Å². The van der Waals surface area contributed by atoms with E-state index in [2.05, 4.69) is 5.32 Å². The number of benzene rings is 2. The first-order chi connectivity index (χ1) is 18.4. The Morgan fingerprint density at radius 3 is 2.33 bits per heavy atom. The van der Waals surface area contributed by atoms with E-state index < -0.39 is 27.7 Å². The highest BCUT2D eigenvalue weighted by Crippen LogP contribution is 2.26. The van der Waals surface area contributed by atoms with Crippen LogP contribution in [0.25, 0.3) is 0 Å². The van der Waals surface area contributed by atoms with E-state index in [0.717, 1.165) is 48.4 Å². The van der Waals surface area contributed by atoms with Gasteiger partial charge in [0.05, 0.1) is 22.0 Å². The summed E-state index contributed by atoms with van der Waals surface area (Å²) in [6.07, 6.45) is 5.21. The molecule has 0 unspecified atom stereocenters. The molecule has 1 saturated carbocycles. The second-order valence-corrected chi connectivity index (χ2v) is 12.4. The number of hydrogen-bond donors (Lipinski definition) is 1. The number of hydrogen-bond acceptors (Lipinski definition) is 4. The summed E-state index contributed by atoms with van der Waals surface area (Å²) in [4.78, 5) is 28.2. The number of nitrogens with one attached hydrogen (secondary N) is 1. The number of nitrogens with zero attached hydrogens (tertiary/aromatic N) is 2. The minimum absolute atomic E-state index is 0.0427. The smallest absolute Gasteiger partial charge is 0.243 e. The van der Waals surface area contributed by atoms with Gasteiger partial charge >= 0.3 is 0 Å². The van der Waals surface area contributed by atoms with Gasteiger partial charge in [-0.05, 0) is 55.5 Å². The van der Waals surface area contributed by atoms with Gasteiger partial charge in [0.25, 0.3) is 0 Å². The highest BCUT2D eigenvalue weighted by Gasteiger charge is 2.31. The first-order valence-electron chi connectivity index (χ1n) is 12.9. The average Bonchev–Trinajstić information content (AvgIpc) is 3.38. The molecule has 2 amide bonds. The van der Waals surface area contributed by atoms with Crippen LogP contribution in [0.1, 0.15) is 57.4 Å². The number of carbonyl (C=O) groups is 2. The van der Waals surface area contributed by atoms with E-state index in [9.17, 15) is 26.8 Å². The molecule has 214 valence electrons. The molecule has 1 aliphatic carbocycles. The summed E-state index contributed by atoms with van der Waals surface area (Å²) < 4.78 is 52.9. The molecule has 1 atom stereocenters. The minimum atomic E-state index is -3.84. The summed E-state index contributed by atoms with van der Waals surface area (Å²) >= 11 is 12.2. The molecule has 0 bridgehead atoms. The normalized spacial score (nSPS) is 14.7. The number of carbonyl (C=O) groups excluding carboxylic acids is 2. The summed E-state index contributed by atoms with van der Waals surface area (Å²) in [5.41, 5.74) is 0.642. The maximum atomic E-state index is 13.8. The van der Waals surface area contributed by atoms with Crippen LogP contribution in [0.3, 0.4) is 0 Å². The molecule has 0 radical (unpaired) electrons. The summed E-state index contributed by atoms with van der Waals surface area (Å²) in [5, 5.41) is 3.75. The average molecular weight is 605 g/mol. The second-order valence-electron chi connectivity index (χ2n) is 9.72. The van der Waals surface area contributed by atoms with E-state index >= 15 is 0 Å². The van der Waals surface area contributed by atoms with E-state index in [1.165, 1.54) is 11.0 Å².